The number of benzene rings is 3. The highest BCUT2D eigenvalue weighted by Gasteiger charge is 2.65. The summed E-state index contributed by atoms with van der Waals surface area (Å²) in [7, 11) is 0. The van der Waals surface area contributed by atoms with Crippen LogP contribution in [0.25, 0.3) is 0 Å². The zero-order valence-electron chi connectivity index (χ0n) is 42.4. The highest BCUT2D eigenvalue weighted by Crippen LogP contribution is 2.62. The maximum atomic E-state index is 15.3. The van der Waals surface area contributed by atoms with Gasteiger partial charge in [0.25, 0.3) is 0 Å². The van der Waals surface area contributed by atoms with Crippen molar-refractivity contribution >= 4 is 23.4 Å². The number of ether oxygens (including phenoxy) is 4. The number of thioether (sulfide) groups is 1. The summed E-state index contributed by atoms with van der Waals surface area (Å²) in [6.07, 6.45) is 21.8. The van der Waals surface area contributed by atoms with E-state index in [2.05, 4.69) is 37.8 Å². The lowest BCUT2D eigenvalue weighted by atomic mass is 9.55. The van der Waals surface area contributed by atoms with Gasteiger partial charge in [-0.15, -0.1) is 18.3 Å². The summed E-state index contributed by atoms with van der Waals surface area (Å²) in [6, 6.07) is 22.2. The first-order valence-corrected chi connectivity index (χ1v) is 28.1. The lowest BCUT2D eigenvalue weighted by molar-refractivity contribution is -0.258. The molecule has 10 nitrogen and oxygen atoms in total. The summed E-state index contributed by atoms with van der Waals surface area (Å²) in [5, 5.41) is 25.2. The molecule has 3 aromatic rings. The molecule has 71 heavy (non-hydrogen) atoms. The Kier molecular flexibility index (Phi) is 22.2. The minimum absolute atomic E-state index is 0.0209. The molecule has 388 valence electrons. The van der Waals surface area contributed by atoms with E-state index in [9.17, 15) is 14.6 Å². The molecule has 1 saturated heterocycles. The van der Waals surface area contributed by atoms with Crippen LogP contribution in [0.5, 0.6) is 11.5 Å². The van der Waals surface area contributed by atoms with Gasteiger partial charge >= 0.3 is 0 Å². The number of oxime groups is 1. The number of rotatable bonds is 31. The highest BCUT2D eigenvalue weighted by molar-refractivity contribution is 7.99. The average Bonchev–Trinajstić information content (AvgIpc) is 3.39. The molecular weight excluding hydrogens is 916 g/mol. The molecule has 1 amide bonds. The summed E-state index contributed by atoms with van der Waals surface area (Å²) in [4.78, 5) is 24.8. The van der Waals surface area contributed by atoms with Gasteiger partial charge in [0.1, 0.15) is 23.4 Å². The topological polar surface area (TPSA) is 119 Å². The van der Waals surface area contributed by atoms with Gasteiger partial charge < -0.3 is 38.9 Å². The van der Waals surface area contributed by atoms with Crippen LogP contribution in [0, 0.1) is 23.6 Å². The third-order valence-electron chi connectivity index (χ3n) is 14.9. The lowest BCUT2D eigenvalue weighted by Crippen LogP contribution is -2.70. The Morgan fingerprint density at radius 3 is 2.38 bits per heavy atom. The maximum Gasteiger partial charge on any atom is 0.239 e. The monoisotopic (exact) mass is 997 g/mol. The number of aliphatic hydroxyl groups is 2. The fraction of sp³-hybridized carbons (Fsp3) is 0.593. The fourth-order valence-corrected chi connectivity index (χ4v) is 12.1. The Labute approximate surface area is 427 Å². The fourth-order valence-electron chi connectivity index (χ4n) is 11.4. The number of aliphatic hydroxyl groups excluding tert-OH is 2. The van der Waals surface area contributed by atoms with E-state index in [-0.39, 0.29) is 62.3 Å². The van der Waals surface area contributed by atoms with E-state index >= 15 is 4.79 Å². The van der Waals surface area contributed by atoms with Crippen LogP contribution in [0.15, 0.2) is 107 Å². The molecule has 2 aliphatic carbocycles. The summed E-state index contributed by atoms with van der Waals surface area (Å²) < 4.78 is 41.9. The van der Waals surface area contributed by atoms with Gasteiger partial charge in [0, 0.05) is 61.2 Å². The molecule has 7 unspecified atom stereocenters. The Morgan fingerprint density at radius 1 is 0.915 bits per heavy atom. The van der Waals surface area contributed by atoms with Gasteiger partial charge in [-0.25, -0.2) is 4.39 Å². The number of allylic oxidation sites excluding steroid dienone is 1. The molecule has 0 bridgehead atoms. The van der Waals surface area contributed by atoms with Crippen molar-refractivity contribution in [2.45, 2.75) is 171 Å². The molecule has 0 aromatic heterocycles. The minimum atomic E-state index is -1.41. The first-order valence-electron chi connectivity index (χ1n) is 27.1. The van der Waals surface area contributed by atoms with Crippen molar-refractivity contribution in [1.82, 2.24) is 4.90 Å². The molecule has 3 aromatic carbocycles. The second-order valence-corrected chi connectivity index (χ2v) is 21.1. The molecule has 7 rings (SSSR count). The van der Waals surface area contributed by atoms with Crippen molar-refractivity contribution < 1.29 is 43.2 Å². The van der Waals surface area contributed by atoms with E-state index in [1.165, 1.54) is 49.1 Å². The van der Waals surface area contributed by atoms with Gasteiger partial charge in [-0.3, -0.25) is 4.79 Å². The summed E-state index contributed by atoms with van der Waals surface area (Å²) in [5.41, 5.74) is 3.51. The number of hydrogen-bond donors (Lipinski definition) is 2. The number of hydrogen-bond acceptors (Lipinski definition) is 10. The van der Waals surface area contributed by atoms with Crippen molar-refractivity contribution in [2.75, 3.05) is 38.8 Å². The Bertz CT molecular complexity index is 2130. The first-order chi connectivity index (χ1) is 34.9. The quantitative estimate of drug-likeness (QED) is 0.0281. The van der Waals surface area contributed by atoms with Crippen molar-refractivity contribution in [2.24, 2.45) is 22.9 Å². The Balaban J connectivity index is 1.33. The predicted octanol–water partition coefficient (Wildman–Crippen LogP) is 13.1. The average molecular weight is 997 g/mol. The minimum Gasteiger partial charge on any atom is -0.493 e. The van der Waals surface area contributed by atoms with Gasteiger partial charge in [-0.1, -0.05) is 119 Å². The largest absolute Gasteiger partial charge is 0.493 e. The zero-order chi connectivity index (χ0) is 49.7. The van der Waals surface area contributed by atoms with Crippen molar-refractivity contribution in [1.29, 1.82) is 0 Å². The van der Waals surface area contributed by atoms with Crippen LogP contribution in [0.1, 0.15) is 152 Å². The number of amides is 1. The van der Waals surface area contributed by atoms with Gasteiger partial charge in [0.15, 0.2) is 0 Å². The third kappa shape index (κ3) is 15.0. The van der Waals surface area contributed by atoms with Gasteiger partial charge in [-0.2, -0.15) is 0 Å². The van der Waals surface area contributed by atoms with Crippen molar-refractivity contribution in [3.63, 3.8) is 0 Å². The summed E-state index contributed by atoms with van der Waals surface area (Å²) in [5.74, 6) is -0.0778. The molecule has 0 spiro atoms. The highest BCUT2D eigenvalue weighted by atomic mass is 32.2. The number of unbranched alkanes of at least 4 members (excludes halogenated alkanes) is 10. The Morgan fingerprint density at radius 2 is 1.66 bits per heavy atom. The standard InChI is InChI=1S/C59H81FN2O8S/c1-3-5-6-7-8-9-10-11-15-26-55(65)62(43-44-28-30-46(60)31-29-44)54-42-52(61-70-56-27-18-21-37-67-56)50-40-45(22-16-19-34-63)49(25-17-20-35-64)57-51-41-47(66-38-39-71-48-23-13-12-14-24-48)32-33-53(51)69-59(54,58(50)57)68-36-4-2/h4,12-14,23-24,28-33,40-41,45,49,54,56-58,63-64H,2-3,5-11,15-22,25-27,34-39,42-43H2,1H3. The van der Waals surface area contributed by atoms with Crippen LogP contribution in [0.3, 0.4) is 0 Å². The molecule has 2 N–H and O–H groups in total. The molecule has 0 radical (unpaired) electrons. The SMILES string of the molecule is C=CCOC12Oc3ccc(OCCSc4ccccc4)cc3C3C(CCCCO)C(CCCCO)C=C(C(=NOC4CCCCO4)CC1N(Cc1ccc(F)cc1)C(=O)CCCCCCCCCCC)C32. The van der Waals surface area contributed by atoms with Crippen LogP contribution in [0.2, 0.25) is 0 Å². The normalized spacial score (nSPS) is 24.1. The second-order valence-electron chi connectivity index (χ2n) is 19.9. The molecule has 2 aliphatic heterocycles. The van der Waals surface area contributed by atoms with Gasteiger partial charge in [0.2, 0.25) is 18.0 Å². The molecule has 12 heteroatoms. The van der Waals surface area contributed by atoms with Crippen LogP contribution >= 0.6 is 11.8 Å². The van der Waals surface area contributed by atoms with Crippen molar-refractivity contribution in [3.8, 4) is 11.5 Å². The molecule has 2 heterocycles. The zero-order valence-corrected chi connectivity index (χ0v) is 43.2. The molecular formula is C59H81FN2O8S. The first kappa shape index (κ1) is 54.6. The van der Waals surface area contributed by atoms with E-state index in [1.54, 1.807) is 30.0 Å². The lowest BCUT2D eigenvalue weighted by Gasteiger charge is -2.60. The number of fused-ring (bicyclic) bond motifs is 2. The summed E-state index contributed by atoms with van der Waals surface area (Å²) >= 11 is 1.75. The second kappa shape index (κ2) is 28.9. The van der Waals surface area contributed by atoms with E-state index in [4.69, 9.17) is 28.9 Å². The number of nitrogens with zero attached hydrogens (tertiary/aromatic N) is 2. The smallest absolute Gasteiger partial charge is 0.239 e. The van der Waals surface area contributed by atoms with Gasteiger partial charge in [0.05, 0.1) is 31.5 Å². The van der Waals surface area contributed by atoms with E-state index in [0.717, 1.165) is 105 Å². The predicted molar refractivity (Wildman–Crippen MR) is 281 cm³/mol. The van der Waals surface area contributed by atoms with Crippen LogP contribution < -0.4 is 9.47 Å². The van der Waals surface area contributed by atoms with E-state index in [0.29, 0.717) is 38.2 Å². The maximum absolute atomic E-state index is 15.3. The van der Waals surface area contributed by atoms with E-state index < -0.39 is 24.0 Å². The molecule has 7 atom stereocenters. The number of carbonyl (C=O) groups excluding carboxylic acids is 1. The van der Waals surface area contributed by atoms with Gasteiger partial charge in [-0.05, 0) is 110 Å². The van der Waals surface area contributed by atoms with Crippen LogP contribution in [0.4, 0.5) is 4.39 Å². The molecule has 1 saturated carbocycles. The molecule has 2 fully saturated rings. The van der Waals surface area contributed by atoms with Crippen molar-refractivity contribution in [3.05, 3.63) is 114 Å². The van der Waals surface area contributed by atoms with Crippen LogP contribution in [-0.2, 0) is 25.7 Å². The van der Waals surface area contributed by atoms with E-state index in [1.807, 2.05) is 35.2 Å². The Hall–Kier alpha value is -4.20. The number of carbonyl (C=O) groups is 1. The number of halogens is 1. The van der Waals surface area contributed by atoms with Crippen LogP contribution in [-0.4, -0.2) is 83.6 Å². The third-order valence-corrected chi connectivity index (χ3v) is 15.9. The summed E-state index contributed by atoms with van der Waals surface area (Å²) in [6.45, 7) is 8.05. The molecule has 4 aliphatic rings.